The van der Waals surface area contributed by atoms with Crippen LogP contribution in [0.4, 0.5) is 0 Å². The van der Waals surface area contributed by atoms with Gasteiger partial charge in [0.2, 0.25) is 23.6 Å². The van der Waals surface area contributed by atoms with Crippen molar-refractivity contribution in [2.24, 2.45) is 17.6 Å². The molecule has 0 aromatic rings. The molecule has 1 aliphatic heterocycles. The van der Waals surface area contributed by atoms with Crippen molar-refractivity contribution >= 4 is 23.6 Å². The van der Waals surface area contributed by atoms with Gasteiger partial charge in [0.25, 0.3) is 0 Å². The fraction of sp³-hybridized carbons (Fsp3) is 0.852. The summed E-state index contributed by atoms with van der Waals surface area (Å²) in [7, 11) is 0. The summed E-state index contributed by atoms with van der Waals surface area (Å²) in [6, 6.07) is -1.92. The van der Waals surface area contributed by atoms with Crippen molar-refractivity contribution in [2.75, 3.05) is 13.1 Å². The highest BCUT2D eigenvalue weighted by Crippen LogP contribution is 2.17. The van der Waals surface area contributed by atoms with E-state index < -0.39 is 23.9 Å². The lowest BCUT2D eigenvalue weighted by atomic mass is 9.97. The average Bonchev–Trinajstić information content (AvgIpc) is 2.82. The van der Waals surface area contributed by atoms with Gasteiger partial charge in [-0.15, -0.1) is 0 Å². The van der Waals surface area contributed by atoms with Crippen molar-refractivity contribution in [1.82, 2.24) is 21.3 Å². The predicted molar refractivity (Wildman–Crippen MR) is 143 cm³/mol. The molecule has 0 saturated carbocycles. The van der Waals surface area contributed by atoms with E-state index in [2.05, 4.69) is 35.1 Å². The van der Waals surface area contributed by atoms with E-state index in [0.29, 0.717) is 25.8 Å². The zero-order valence-corrected chi connectivity index (χ0v) is 23.0. The highest BCUT2D eigenvalue weighted by atomic mass is 16.2. The van der Waals surface area contributed by atoms with Gasteiger partial charge < -0.3 is 27.0 Å². The number of hydrogen-bond donors (Lipinski definition) is 5. The van der Waals surface area contributed by atoms with Gasteiger partial charge in [0.1, 0.15) is 12.1 Å². The van der Waals surface area contributed by atoms with Crippen molar-refractivity contribution in [3.05, 3.63) is 0 Å². The third-order valence-electron chi connectivity index (χ3n) is 6.85. The van der Waals surface area contributed by atoms with E-state index >= 15 is 0 Å². The summed E-state index contributed by atoms with van der Waals surface area (Å²) in [5, 5.41) is 11.1. The average molecular weight is 510 g/mol. The summed E-state index contributed by atoms with van der Waals surface area (Å²) in [5.41, 5.74) is 5.58. The molecule has 208 valence electrons. The Kier molecular flexibility index (Phi) is 16.1. The van der Waals surface area contributed by atoms with Gasteiger partial charge in [0.05, 0.1) is 6.54 Å². The molecule has 6 N–H and O–H groups in total. The number of rotatable bonds is 14. The van der Waals surface area contributed by atoms with Gasteiger partial charge in [-0.25, -0.2) is 0 Å². The first kappa shape index (κ1) is 31.9. The van der Waals surface area contributed by atoms with Crippen LogP contribution in [0.1, 0.15) is 105 Å². The summed E-state index contributed by atoms with van der Waals surface area (Å²) in [6.07, 6.45) is 11.0. The van der Waals surface area contributed by atoms with Crippen LogP contribution in [0.15, 0.2) is 0 Å². The van der Waals surface area contributed by atoms with Crippen LogP contribution in [0.5, 0.6) is 0 Å². The highest BCUT2D eigenvalue weighted by Gasteiger charge is 2.30. The van der Waals surface area contributed by atoms with E-state index in [1.807, 2.05) is 13.8 Å². The van der Waals surface area contributed by atoms with Crippen molar-refractivity contribution in [3.63, 3.8) is 0 Å². The van der Waals surface area contributed by atoms with Crippen LogP contribution < -0.4 is 27.0 Å². The zero-order valence-electron chi connectivity index (χ0n) is 23.0. The molecule has 0 aromatic heterocycles. The lowest BCUT2D eigenvalue weighted by molar-refractivity contribution is -0.133. The fourth-order valence-electron chi connectivity index (χ4n) is 4.67. The first-order valence-electron chi connectivity index (χ1n) is 14.0. The Morgan fingerprint density at radius 2 is 1.50 bits per heavy atom. The molecule has 0 spiro atoms. The Bertz CT molecular complexity index is 685. The molecule has 1 rings (SSSR count). The molecular formula is C27H51N5O4. The van der Waals surface area contributed by atoms with Gasteiger partial charge in [-0.3, -0.25) is 19.2 Å². The smallest absolute Gasteiger partial charge is 0.243 e. The highest BCUT2D eigenvalue weighted by molar-refractivity contribution is 5.94. The van der Waals surface area contributed by atoms with Crippen LogP contribution in [0.25, 0.3) is 0 Å². The molecule has 0 aliphatic carbocycles. The lowest BCUT2D eigenvalue weighted by Crippen LogP contribution is -2.56. The van der Waals surface area contributed by atoms with E-state index in [4.69, 9.17) is 5.73 Å². The maximum atomic E-state index is 13.1. The molecule has 4 atom stereocenters. The van der Waals surface area contributed by atoms with Gasteiger partial charge in [0.15, 0.2) is 0 Å². The quantitative estimate of drug-likeness (QED) is 0.229. The second-order valence-corrected chi connectivity index (χ2v) is 10.7. The maximum absolute atomic E-state index is 13.1. The Hall–Kier alpha value is -2.16. The van der Waals surface area contributed by atoms with Crippen LogP contribution in [0.2, 0.25) is 0 Å². The molecule has 1 heterocycles. The third kappa shape index (κ3) is 13.2. The Labute approximate surface area is 217 Å². The SMILES string of the molecule is CCCC(C)CCCCCCCC1CC(=O)NCC(=O)N[C@@H](CCCN)C(=O)N[C@@H](C(C)C)C(=O)N1. The van der Waals surface area contributed by atoms with E-state index in [1.54, 1.807) is 0 Å². The molecule has 0 bridgehead atoms. The normalized spacial score (nSPS) is 23.0. The number of amides is 4. The second-order valence-electron chi connectivity index (χ2n) is 10.7. The molecule has 9 heteroatoms. The monoisotopic (exact) mass is 509 g/mol. The number of unbranched alkanes of at least 4 members (excludes halogenated alkanes) is 4. The van der Waals surface area contributed by atoms with Crippen LogP contribution in [0, 0.1) is 11.8 Å². The molecule has 36 heavy (non-hydrogen) atoms. The number of nitrogens with one attached hydrogen (secondary N) is 4. The summed E-state index contributed by atoms with van der Waals surface area (Å²) >= 11 is 0. The molecule has 2 unspecified atom stereocenters. The number of hydrogen-bond acceptors (Lipinski definition) is 5. The number of nitrogens with two attached hydrogens (primary N) is 1. The van der Waals surface area contributed by atoms with Crippen LogP contribution in [-0.2, 0) is 19.2 Å². The van der Waals surface area contributed by atoms with Gasteiger partial charge in [0, 0.05) is 12.5 Å². The summed E-state index contributed by atoms with van der Waals surface area (Å²) in [6.45, 7) is 8.43. The Morgan fingerprint density at radius 1 is 0.806 bits per heavy atom. The maximum Gasteiger partial charge on any atom is 0.243 e. The molecule has 4 amide bonds. The Morgan fingerprint density at radius 3 is 2.17 bits per heavy atom. The number of carbonyl (C=O) groups is 4. The zero-order chi connectivity index (χ0) is 26.9. The summed E-state index contributed by atoms with van der Waals surface area (Å²) in [5.74, 6) is -0.820. The van der Waals surface area contributed by atoms with Crippen molar-refractivity contribution in [1.29, 1.82) is 0 Å². The van der Waals surface area contributed by atoms with Gasteiger partial charge in [-0.05, 0) is 37.6 Å². The summed E-state index contributed by atoms with van der Waals surface area (Å²) < 4.78 is 0. The van der Waals surface area contributed by atoms with E-state index in [1.165, 1.54) is 32.1 Å². The molecule has 1 saturated heterocycles. The lowest BCUT2D eigenvalue weighted by Gasteiger charge is -2.27. The Balaban J connectivity index is 2.75. The molecule has 9 nitrogen and oxygen atoms in total. The van der Waals surface area contributed by atoms with Crippen molar-refractivity contribution in [2.45, 2.75) is 123 Å². The van der Waals surface area contributed by atoms with Crippen LogP contribution in [-0.4, -0.2) is 54.8 Å². The minimum absolute atomic E-state index is 0.100. The third-order valence-corrected chi connectivity index (χ3v) is 6.85. The first-order chi connectivity index (χ1) is 17.2. The largest absolute Gasteiger partial charge is 0.351 e. The van der Waals surface area contributed by atoms with E-state index in [-0.39, 0.29) is 36.7 Å². The van der Waals surface area contributed by atoms with Crippen LogP contribution in [0.3, 0.4) is 0 Å². The first-order valence-corrected chi connectivity index (χ1v) is 14.0. The van der Waals surface area contributed by atoms with E-state index in [0.717, 1.165) is 25.2 Å². The molecular weight excluding hydrogens is 458 g/mol. The van der Waals surface area contributed by atoms with Crippen molar-refractivity contribution in [3.8, 4) is 0 Å². The molecule has 1 aliphatic rings. The summed E-state index contributed by atoms with van der Waals surface area (Å²) in [4.78, 5) is 50.9. The standard InChI is InChI=1S/C27H51N5O4/c1-5-12-20(4)13-9-7-6-8-10-14-21-17-23(33)29-18-24(34)31-22(15-11-16-28)26(35)32-25(19(2)3)27(36)30-21/h19-22,25H,5-18,28H2,1-4H3,(H,29,33)(H,30,36)(H,31,34)(H,32,35)/t20?,21?,22-,25-/m0/s1. The molecule has 0 aromatic carbocycles. The predicted octanol–water partition coefficient (Wildman–Crippen LogP) is 2.52. The topological polar surface area (TPSA) is 142 Å². The van der Waals surface area contributed by atoms with Gasteiger partial charge in [-0.2, -0.15) is 0 Å². The van der Waals surface area contributed by atoms with Gasteiger partial charge >= 0.3 is 0 Å². The fourth-order valence-corrected chi connectivity index (χ4v) is 4.67. The number of carbonyl (C=O) groups excluding carboxylic acids is 4. The minimum atomic E-state index is -0.812. The molecule has 1 fully saturated rings. The minimum Gasteiger partial charge on any atom is -0.351 e. The second kappa shape index (κ2) is 18.1. The van der Waals surface area contributed by atoms with Gasteiger partial charge in [-0.1, -0.05) is 79.1 Å². The molecule has 0 radical (unpaired) electrons. The van der Waals surface area contributed by atoms with E-state index in [9.17, 15) is 19.2 Å². The van der Waals surface area contributed by atoms with Crippen LogP contribution >= 0.6 is 0 Å². The van der Waals surface area contributed by atoms with Crippen molar-refractivity contribution < 1.29 is 19.2 Å².